The number of aromatic hydroxyl groups is 1. The quantitative estimate of drug-likeness (QED) is 0.762. The van der Waals surface area contributed by atoms with E-state index >= 15 is 0 Å². The van der Waals surface area contributed by atoms with Gasteiger partial charge in [0, 0.05) is 18.9 Å². The van der Waals surface area contributed by atoms with Crippen LogP contribution in [-0.4, -0.2) is 21.0 Å². The van der Waals surface area contributed by atoms with E-state index in [4.69, 9.17) is 9.97 Å². The molecule has 0 spiro atoms. The molecule has 3 aromatic rings. The van der Waals surface area contributed by atoms with E-state index in [9.17, 15) is 9.90 Å². The van der Waals surface area contributed by atoms with Crippen molar-refractivity contribution in [2.24, 2.45) is 0 Å². The van der Waals surface area contributed by atoms with Gasteiger partial charge in [0.15, 0.2) is 5.82 Å². The first-order valence-electron chi connectivity index (χ1n) is 8.64. The van der Waals surface area contributed by atoms with Crippen molar-refractivity contribution < 1.29 is 9.90 Å². The highest BCUT2D eigenvalue weighted by atomic mass is 16.3. The fourth-order valence-electron chi connectivity index (χ4n) is 3.35. The highest BCUT2D eigenvalue weighted by Crippen LogP contribution is 2.34. The van der Waals surface area contributed by atoms with Gasteiger partial charge in [0.2, 0.25) is 5.91 Å². The lowest BCUT2D eigenvalue weighted by Crippen LogP contribution is -2.16. The molecular weight excluding hydrogens is 326 g/mol. The highest BCUT2D eigenvalue weighted by molar-refractivity contribution is 5.88. The number of aromatic nitrogens is 2. The zero-order valence-corrected chi connectivity index (χ0v) is 14.5. The van der Waals surface area contributed by atoms with E-state index in [1.54, 1.807) is 12.1 Å². The number of anilines is 1. The van der Waals surface area contributed by atoms with Crippen LogP contribution >= 0.6 is 0 Å². The van der Waals surface area contributed by atoms with Crippen molar-refractivity contribution in [1.82, 2.24) is 9.97 Å². The van der Waals surface area contributed by atoms with Gasteiger partial charge in [-0.25, -0.2) is 9.97 Å². The SMILES string of the molecule is CC(=O)Nc1nc2c(nc1Cc1ccccc1)-c1ccc(O)cc1CC2. The normalized spacial score (nSPS) is 12.2. The van der Waals surface area contributed by atoms with Crippen LogP contribution < -0.4 is 5.32 Å². The van der Waals surface area contributed by atoms with Crippen molar-refractivity contribution in [1.29, 1.82) is 0 Å². The molecule has 0 aliphatic heterocycles. The Balaban J connectivity index is 1.83. The van der Waals surface area contributed by atoms with Crippen LogP contribution in [0.2, 0.25) is 0 Å². The van der Waals surface area contributed by atoms with Crippen LogP contribution in [0.5, 0.6) is 5.75 Å². The Morgan fingerprint density at radius 2 is 1.92 bits per heavy atom. The summed E-state index contributed by atoms with van der Waals surface area (Å²) in [5, 5.41) is 12.6. The van der Waals surface area contributed by atoms with Gasteiger partial charge in [-0.3, -0.25) is 4.79 Å². The topological polar surface area (TPSA) is 75.1 Å². The number of fused-ring (bicyclic) bond motifs is 3. The molecule has 0 fully saturated rings. The molecule has 1 heterocycles. The van der Waals surface area contributed by atoms with E-state index < -0.39 is 0 Å². The molecule has 0 atom stereocenters. The van der Waals surface area contributed by atoms with Crippen LogP contribution in [0, 0.1) is 0 Å². The minimum atomic E-state index is -0.158. The molecule has 1 aliphatic carbocycles. The highest BCUT2D eigenvalue weighted by Gasteiger charge is 2.22. The van der Waals surface area contributed by atoms with Crippen LogP contribution in [0.1, 0.15) is 29.4 Å². The first kappa shape index (κ1) is 16.3. The molecule has 0 saturated heterocycles. The average molecular weight is 345 g/mol. The van der Waals surface area contributed by atoms with Crippen LogP contribution in [0.25, 0.3) is 11.3 Å². The largest absolute Gasteiger partial charge is 0.508 e. The zero-order valence-electron chi connectivity index (χ0n) is 14.5. The Hall–Kier alpha value is -3.21. The lowest BCUT2D eigenvalue weighted by atomic mass is 9.91. The maximum atomic E-state index is 11.6. The second-order valence-corrected chi connectivity index (χ2v) is 6.50. The standard InChI is InChI=1S/C21H19N3O2/c1-13(25)22-21-19(11-14-5-3-2-4-6-14)23-20-17-9-8-16(26)12-15(17)7-10-18(20)24-21/h2-6,8-9,12,26H,7,10-11H2,1H3,(H,22,24,25). The molecule has 4 rings (SSSR count). The maximum Gasteiger partial charge on any atom is 0.222 e. The summed E-state index contributed by atoms with van der Waals surface area (Å²) >= 11 is 0. The van der Waals surface area contributed by atoms with Crippen molar-refractivity contribution in [3.63, 3.8) is 0 Å². The number of rotatable bonds is 3. The summed E-state index contributed by atoms with van der Waals surface area (Å²) in [5.41, 5.74) is 5.64. The average Bonchev–Trinajstić information content (AvgIpc) is 2.62. The number of amides is 1. The van der Waals surface area contributed by atoms with Gasteiger partial charge < -0.3 is 10.4 Å². The summed E-state index contributed by atoms with van der Waals surface area (Å²) in [7, 11) is 0. The third-order valence-electron chi connectivity index (χ3n) is 4.52. The van der Waals surface area contributed by atoms with Crippen LogP contribution in [0.3, 0.4) is 0 Å². The lowest BCUT2D eigenvalue weighted by Gasteiger charge is -2.21. The Labute approximate surface area is 151 Å². The van der Waals surface area contributed by atoms with Gasteiger partial charge in [-0.15, -0.1) is 0 Å². The van der Waals surface area contributed by atoms with Gasteiger partial charge in [0.05, 0.1) is 17.1 Å². The van der Waals surface area contributed by atoms with E-state index in [1.807, 2.05) is 36.4 Å². The number of phenols is 1. The van der Waals surface area contributed by atoms with Crippen LogP contribution in [-0.2, 0) is 24.1 Å². The first-order valence-corrected chi connectivity index (χ1v) is 8.64. The number of hydrogen-bond donors (Lipinski definition) is 2. The molecule has 1 amide bonds. The summed E-state index contributed by atoms with van der Waals surface area (Å²) in [5.74, 6) is 0.636. The predicted molar refractivity (Wildman–Crippen MR) is 100 cm³/mol. The molecule has 1 aliphatic rings. The van der Waals surface area contributed by atoms with E-state index in [1.165, 1.54) is 6.92 Å². The van der Waals surface area contributed by atoms with Gasteiger partial charge in [0.25, 0.3) is 0 Å². The third kappa shape index (κ3) is 3.16. The summed E-state index contributed by atoms with van der Waals surface area (Å²) in [4.78, 5) is 21.2. The molecule has 0 radical (unpaired) electrons. The molecule has 130 valence electrons. The van der Waals surface area contributed by atoms with Crippen LogP contribution in [0.15, 0.2) is 48.5 Å². The van der Waals surface area contributed by atoms with Crippen molar-refractivity contribution in [2.75, 3.05) is 5.32 Å². The van der Waals surface area contributed by atoms with Crippen molar-refractivity contribution in [3.8, 4) is 17.0 Å². The van der Waals surface area contributed by atoms with Crippen molar-refractivity contribution >= 4 is 11.7 Å². The molecule has 0 unspecified atom stereocenters. The molecule has 1 aromatic heterocycles. The third-order valence-corrected chi connectivity index (χ3v) is 4.52. The van der Waals surface area contributed by atoms with E-state index in [2.05, 4.69) is 5.32 Å². The molecule has 0 bridgehead atoms. The number of nitrogens with one attached hydrogen (secondary N) is 1. The first-order chi connectivity index (χ1) is 12.6. The zero-order chi connectivity index (χ0) is 18.1. The number of benzene rings is 2. The lowest BCUT2D eigenvalue weighted by molar-refractivity contribution is -0.114. The summed E-state index contributed by atoms with van der Waals surface area (Å²) in [6, 6.07) is 15.4. The maximum absolute atomic E-state index is 11.6. The predicted octanol–water partition coefficient (Wildman–Crippen LogP) is 3.50. The van der Waals surface area contributed by atoms with Gasteiger partial charge in [0.1, 0.15) is 5.75 Å². The molecule has 5 nitrogen and oxygen atoms in total. The number of phenolic OH excluding ortho intramolecular Hbond substituents is 1. The summed E-state index contributed by atoms with van der Waals surface area (Å²) in [6.07, 6.45) is 2.12. The van der Waals surface area contributed by atoms with Crippen molar-refractivity contribution in [3.05, 3.63) is 71.0 Å². The second-order valence-electron chi connectivity index (χ2n) is 6.50. The molecule has 2 aromatic carbocycles. The Kier molecular flexibility index (Phi) is 4.13. The number of hydrogen-bond acceptors (Lipinski definition) is 4. The Morgan fingerprint density at radius 3 is 2.69 bits per heavy atom. The minimum Gasteiger partial charge on any atom is -0.508 e. The van der Waals surface area contributed by atoms with Gasteiger partial charge in [-0.2, -0.15) is 0 Å². The van der Waals surface area contributed by atoms with E-state index in [0.29, 0.717) is 12.2 Å². The monoisotopic (exact) mass is 345 g/mol. The van der Waals surface area contributed by atoms with Gasteiger partial charge in [-0.05, 0) is 42.2 Å². The number of nitrogens with zero attached hydrogens (tertiary/aromatic N) is 2. The fraction of sp³-hybridized carbons (Fsp3) is 0.190. The molecule has 26 heavy (non-hydrogen) atoms. The minimum absolute atomic E-state index is 0.158. The van der Waals surface area contributed by atoms with E-state index in [0.717, 1.165) is 46.6 Å². The fourth-order valence-corrected chi connectivity index (χ4v) is 3.35. The van der Waals surface area contributed by atoms with Crippen LogP contribution in [0.4, 0.5) is 5.82 Å². The van der Waals surface area contributed by atoms with Gasteiger partial charge >= 0.3 is 0 Å². The molecule has 0 saturated carbocycles. The number of carbonyl (C=O) groups is 1. The Bertz CT molecular complexity index is 984. The van der Waals surface area contributed by atoms with Crippen molar-refractivity contribution in [2.45, 2.75) is 26.2 Å². The molecular formula is C21H19N3O2. The molecule has 5 heteroatoms. The Morgan fingerprint density at radius 1 is 1.12 bits per heavy atom. The smallest absolute Gasteiger partial charge is 0.222 e. The summed E-state index contributed by atoms with van der Waals surface area (Å²) < 4.78 is 0. The number of carbonyl (C=O) groups excluding carboxylic acids is 1. The summed E-state index contributed by atoms with van der Waals surface area (Å²) in [6.45, 7) is 1.48. The van der Waals surface area contributed by atoms with Gasteiger partial charge in [-0.1, -0.05) is 30.3 Å². The van der Waals surface area contributed by atoms with E-state index in [-0.39, 0.29) is 11.7 Å². The number of aryl methyl sites for hydroxylation is 2. The second kappa shape index (κ2) is 6.59. The molecule has 2 N–H and O–H groups in total.